The van der Waals surface area contributed by atoms with E-state index in [0.717, 1.165) is 18.4 Å². The molecular formula is C14H22N2O2S. The molecule has 0 spiro atoms. The standard InChI is InChI=1S/C14H22N2O2S/c1-3-12(8-11-5-6-11)16-19(17,18)13-7-4-10(2)14(15)9-13/h4,7,9,11-12,16H,3,5-6,8,15H2,1-2H3. The number of hydrogen-bond acceptors (Lipinski definition) is 3. The predicted molar refractivity (Wildman–Crippen MR) is 77.3 cm³/mol. The number of aryl methyl sites for hydroxylation is 1. The van der Waals surface area contributed by atoms with Crippen LogP contribution in [0.25, 0.3) is 0 Å². The van der Waals surface area contributed by atoms with Crippen molar-refractivity contribution in [2.75, 3.05) is 5.73 Å². The molecule has 1 atom stereocenters. The average Bonchev–Trinajstić information content (AvgIpc) is 3.15. The highest BCUT2D eigenvalue weighted by atomic mass is 32.2. The van der Waals surface area contributed by atoms with Gasteiger partial charge in [-0.3, -0.25) is 0 Å². The Labute approximate surface area is 115 Å². The van der Waals surface area contributed by atoms with Crippen molar-refractivity contribution in [3.63, 3.8) is 0 Å². The van der Waals surface area contributed by atoms with Gasteiger partial charge < -0.3 is 5.73 Å². The monoisotopic (exact) mass is 282 g/mol. The first-order valence-electron chi connectivity index (χ1n) is 6.81. The van der Waals surface area contributed by atoms with Crippen LogP contribution in [-0.4, -0.2) is 14.5 Å². The molecule has 0 aromatic heterocycles. The van der Waals surface area contributed by atoms with Crippen LogP contribution in [-0.2, 0) is 10.0 Å². The second-order valence-electron chi connectivity index (χ2n) is 5.42. The van der Waals surface area contributed by atoms with Crippen LogP contribution in [0.5, 0.6) is 0 Å². The van der Waals surface area contributed by atoms with E-state index in [2.05, 4.69) is 4.72 Å². The Kier molecular flexibility index (Phi) is 4.16. The summed E-state index contributed by atoms with van der Waals surface area (Å²) in [6.07, 6.45) is 4.22. The normalized spacial score (nSPS) is 17.4. The zero-order valence-corrected chi connectivity index (χ0v) is 12.3. The van der Waals surface area contributed by atoms with Crippen molar-refractivity contribution >= 4 is 15.7 Å². The molecule has 106 valence electrons. The van der Waals surface area contributed by atoms with Gasteiger partial charge in [0.2, 0.25) is 10.0 Å². The molecule has 2 rings (SSSR count). The Hall–Kier alpha value is -1.07. The summed E-state index contributed by atoms with van der Waals surface area (Å²) in [5, 5.41) is 0. The molecule has 0 bridgehead atoms. The van der Waals surface area contributed by atoms with E-state index in [9.17, 15) is 8.42 Å². The van der Waals surface area contributed by atoms with Crippen LogP contribution in [0.15, 0.2) is 23.1 Å². The van der Waals surface area contributed by atoms with E-state index in [1.807, 2.05) is 13.8 Å². The van der Waals surface area contributed by atoms with Gasteiger partial charge in [0, 0.05) is 11.7 Å². The SMILES string of the molecule is CCC(CC1CC1)NS(=O)(=O)c1ccc(C)c(N)c1. The largest absolute Gasteiger partial charge is 0.398 e. The lowest BCUT2D eigenvalue weighted by molar-refractivity contribution is 0.495. The number of nitrogens with one attached hydrogen (secondary N) is 1. The van der Waals surface area contributed by atoms with Gasteiger partial charge >= 0.3 is 0 Å². The molecule has 5 heteroatoms. The number of rotatable bonds is 6. The van der Waals surface area contributed by atoms with Gasteiger partial charge in [0.15, 0.2) is 0 Å². The fourth-order valence-electron chi connectivity index (χ4n) is 2.13. The van der Waals surface area contributed by atoms with Crippen molar-refractivity contribution in [2.24, 2.45) is 5.92 Å². The fraction of sp³-hybridized carbons (Fsp3) is 0.571. The van der Waals surface area contributed by atoms with E-state index in [4.69, 9.17) is 5.73 Å². The van der Waals surface area contributed by atoms with Gasteiger partial charge in [0.1, 0.15) is 0 Å². The Morgan fingerprint density at radius 3 is 2.63 bits per heavy atom. The molecule has 19 heavy (non-hydrogen) atoms. The Morgan fingerprint density at radius 2 is 2.11 bits per heavy atom. The van der Waals surface area contributed by atoms with E-state index in [1.165, 1.54) is 18.9 Å². The van der Waals surface area contributed by atoms with Gasteiger partial charge in [-0.05, 0) is 43.4 Å². The predicted octanol–water partition coefficient (Wildman–Crippen LogP) is 2.43. The van der Waals surface area contributed by atoms with Gasteiger partial charge in [-0.15, -0.1) is 0 Å². The summed E-state index contributed by atoms with van der Waals surface area (Å²) in [6.45, 7) is 3.88. The minimum absolute atomic E-state index is 0.0278. The molecule has 1 aromatic carbocycles. The quantitative estimate of drug-likeness (QED) is 0.787. The molecule has 0 heterocycles. The maximum Gasteiger partial charge on any atom is 0.240 e. The van der Waals surface area contributed by atoms with Crippen LogP contribution in [0.2, 0.25) is 0 Å². The summed E-state index contributed by atoms with van der Waals surface area (Å²) in [4.78, 5) is 0.254. The maximum absolute atomic E-state index is 12.3. The number of nitrogen functional groups attached to an aromatic ring is 1. The van der Waals surface area contributed by atoms with Crippen molar-refractivity contribution in [3.05, 3.63) is 23.8 Å². The third-order valence-corrected chi connectivity index (χ3v) is 5.21. The lowest BCUT2D eigenvalue weighted by Crippen LogP contribution is -2.34. The molecule has 1 aliphatic carbocycles. The fourth-order valence-corrected chi connectivity index (χ4v) is 3.49. The van der Waals surface area contributed by atoms with Crippen molar-refractivity contribution in [1.29, 1.82) is 0 Å². The van der Waals surface area contributed by atoms with Crippen LogP contribution in [0, 0.1) is 12.8 Å². The first kappa shape index (κ1) is 14.3. The smallest absolute Gasteiger partial charge is 0.240 e. The lowest BCUT2D eigenvalue weighted by atomic mass is 10.1. The maximum atomic E-state index is 12.3. The molecule has 1 fully saturated rings. The van der Waals surface area contributed by atoms with Gasteiger partial charge in [0.05, 0.1) is 4.90 Å². The topological polar surface area (TPSA) is 72.2 Å². The Bertz CT molecular complexity index is 551. The molecule has 1 saturated carbocycles. The van der Waals surface area contributed by atoms with Crippen LogP contribution < -0.4 is 10.5 Å². The lowest BCUT2D eigenvalue weighted by Gasteiger charge is -2.17. The van der Waals surface area contributed by atoms with E-state index in [-0.39, 0.29) is 10.9 Å². The highest BCUT2D eigenvalue weighted by Crippen LogP contribution is 2.34. The second-order valence-corrected chi connectivity index (χ2v) is 7.14. The van der Waals surface area contributed by atoms with Crippen molar-refractivity contribution < 1.29 is 8.42 Å². The first-order valence-corrected chi connectivity index (χ1v) is 8.29. The van der Waals surface area contributed by atoms with E-state index in [1.54, 1.807) is 12.1 Å². The van der Waals surface area contributed by atoms with Crippen molar-refractivity contribution in [2.45, 2.75) is 50.5 Å². The summed E-state index contributed by atoms with van der Waals surface area (Å²) in [5.41, 5.74) is 7.18. The second kappa shape index (κ2) is 5.51. The van der Waals surface area contributed by atoms with Gasteiger partial charge in [0.25, 0.3) is 0 Å². The third kappa shape index (κ3) is 3.70. The summed E-state index contributed by atoms with van der Waals surface area (Å²) < 4.78 is 27.4. The van der Waals surface area contributed by atoms with Crippen LogP contribution >= 0.6 is 0 Å². The number of nitrogens with two attached hydrogens (primary N) is 1. The van der Waals surface area contributed by atoms with Gasteiger partial charge in [-0.2, -0.15) is 0 Å². The summed E-state index contributed by atoms with van der Waals surface area (Å²) >= 11 is 0. The highest BCUT2D eigenvalue weighted by Gasteiger charge is 2.27. The molecule has 1 unspecified atom stereocenters. The molecule has 1 aliphatic rings. The Morgan fingerprint density at radius 1 is 1.42 bits per heavy atom. The Balaban J connectivity index is 2.13. The number of sulfonamides is 1. The molecule has 0 aliphatic heterocycles. The molecule has 4 nitrogen and oxygen atoms in total. The van der Waals surface area contributed by atoms with Gasteiger partial charge in [-0.1, -0.05) is 25.8 Å². The summed E-state index contributed by atoms with van der Waals surface area (Å²) in [7, 11) is -3.46. The molecule has 1 aromatic rings. The van der Waals surface area contributed by atoms with Crippen LogP contribution in [0.1, 0.15) is 38.2 Å². The van der Waals surface area contributed by atoms with Crippen LogP contribution in [0.4, 0.5) is 5.69 Å². The van der Waals surface area contributed by atoms with Crippen molar-refractivity contribution in [3.8, 4) is 0 Å². The molecule has 3 N–H and O–H groups in total. The van der Waals surface area contributed by atoms with Gasteiger partial charge in [-0.25, -0.2) is 13.1 Å². The zero-order chi connectivity index (χ0) is 14.0. The number of hydrogen-bond donors (Lipinski definition) is 2. The molecule has 0 radical (unpaired) electrons. The molecule has 0 saturated heterocycles. The van der Waals surface area contributed by atoms with Crippen molar-refractivity contribution in [1.82, 2.24) is 4.72 Å². The molecule has 0 amide bonds. The first-order chi connectivity index (χ1) is 8.92. The average molecular weight is 282 g/mol. The van der Waals surface area contributed by atoms with Crippen LogP contribution in [0.3, 0.4) is 0 Å². The number of benzene rings is 1. The van der Waals surface area contributed by atoms with E-state index < -0.39 is 10.0 Å². The number of anilines is 1. The highest BCUT2D eigenvalue weighted by molar-refractivity contribution is 7.89. The minimum Gasteiger partial charge on any atom is -0.398 e. The minimum atomic E-state index is -3.46. The zero-order valence-electron chi connectivity index (χ0n) is 11.5. The van der Waals surface area contributed by atoms with E-state index in [0.29, 0.717) is 11.6 Å². The van der Waals surface area contributed by atoms with E-state index >= 15 is 0 Å². The summed E-state index contributed by atoms with van der Waals surface area (Å²) in [5.74, 6) is 0.704. The summed E-state index contributed by atoms with van der Waals surface area (Å²) in [6, 6.07) is 4.91. The third-order valence-electron chi connectivity index (χ3n) is 3.69. The molecular weight excluding hydrogens is 260 g/mol.